The molecule has 1 aromatic carbocycles. The topological polar surface area (TPSA) is 49.4 Å². The second kappa shape index (κ2) is 7.38. The van der Waals surface area contributed by atoms with E-state index in [2.05, 4.69) is 12.2 Å². The third-order valence-corrected chi connectivity index (χ3v) is 4.99. The quantitative estimate of drug-likeness (QED) is 0.787. The van der Waals surface area contributed by atoms with Gasteiger partial charge in [-0.05, 0) is 42.6 Å². The summed E-state index contributed by atoms with van der Waals surface area (Å²) in [5.41, 5.74) is 1.08. The molecular weight excluding hydrogens is 284 g/mol. The fourth-order valence-corrected chi connectivity index (χ4v) is 3.57. The van der Waals surface area contributed by atoms with Crippen molar-refractivity contribution in [1.29, 1.82) is 0 Å². The summed E-state index contributed by atoms with van der Waals surface area (Å²) in [5.74, 6) is 0. The van der Waals surface area contributed by atoms with Crippen LogP contribution < -0.4 is 5.32 Å². The Balaban J connectivity index is 2.80. The molecular formula is C16H28N2O2S. The standard InChI is InChI=1S/C16H28N2O2S/c1-6-17-12-11-14-7-9-15(10-8-14)21(19,20)18(5)13-16(2,3)4/h7-10,17H,6,11-13H2,1-5H3. The highest BCUT2D eigenvalue weighted by Crippen LogP contribution is 2.21. The van der Waals surface area contributed by atoms with Crippen molar-refractivity contribution in [3.63, 3.8) is 0 Å². The van der Waals surface area contributed by atoms with Gasteiger partial charge in [0.15, 0.2) is 0 Å². The average molecular weight is 312 g/mol. The molecule has 1 aromatic rings. The zero-order valence-corrected chi connectivity index (χ0v) is 14.6. The predicted molar refractivity (Wildman–Crippen MR) is 88.0 cm³/mol. The molecule has 0 saturated carbocycles. The van der Waals surface area contributed by atoms with E-state index in [-0.39, 0.29) is 5.41 Å². The second-order valence-electron chi connectivity index (χ2n) is 6.57. The molecule has 0 bridgehead atoms. The molecule has 0 unspecified atom stereocenters. The van der Waals surface area contributed by atoms with E-state index in [1.54, 1.807) is 19.2 Å². The van der Waals surface area contributed by atoms with Crippen molar-refractivity contribution in [1.82, 2.24) is 9.62 Å². The van der Waals surface area contributed by atoms with Gasteiger partial charge in [-0.15, -0.1) is 0 Å². The van der Waals surface area contributed by atoms with Gasteiger partial charge in [0, 0.05) is 13.6 Å². The van der Waals surface area contributed by atoms with Crippen molar-refractivity contribution < 1.29 is 8.42 Å². The zero-order valence-electron chi connectivity index (χ0n) is 13.8. The van der Waals surface area contributed by atoms with Crippen LogP contribution in [0.2, 0.25) is 0 Å². The number of hydrogen-bond acceptors (Lipinski definition) is 3. The van der Waals surface area contributed by atoms with E-state index in [0.717, 1.165) is 25.1 Å². The number of likely N-dealkylation sites (N-methyl/N-ethyl adjacent to an activating group) is 1. The first-order valence-corrected chi connectivity index (χ1v) is 8.87. The molecule has 5 heteroatoms. The Labute approximate surface area is 129 Å². The minimum Gasteiger partial charge on any atom is -0.317 e. The lowest BCUT2D eigenvalue weighted by Crippen LogP contribution is -2.34. The van der Waals surface area contributed by atoms with Crippen LogP contribution in [-0.4, -0.2) is 39.4 Å². The summed E-state index contributed by atoms with van der Waals surface area (Å²) in [4.78, 5) is 0.362. The average Bonchev–Trinajstić information content (AvgIpc) is 2.37. The largest absolute Gasteiger partial charge is 0.317 e. The SMILES string of the molecule is CCNCCc1ccc(S(=O)(=O)N(C)CC(C)(C)C)cc1. The van der Waals surface area contributed by atoms with E-state index in [4.69, 9.17) is 0 Å². The molecule has 0 fully saturated rings. The van der Waals surface area contributed by atoms with E-state index in [0.29, 0.717) is 11.4 Å². The summed E-state index contributed by atoms with van der Waals surface area (Å²) >= 11 is 0. The first kappa shape index (κ1) is 18.1. The van der Waals surface area contributed by atoms with Gasteiger partial charge in [0.05, 0.1) is 4.90 Å². The molecule has 120 valence electrons. The maximum absolute atomic E-state index is 12.5. The normalized spacial score (nSPS) is 12.9. The van der Waals surface area contributed by atoms with Crippen molar-refractivity contribution in [2.45, 2.75) is 39.0 Å². The van der Waals surface area contributed by atoms with Gasteiger partial charge in [-0.1, -0.05) is 39.8 Å². The van der Waals surface area contributed by atoms with Crippen LogP contribution >= 0.6 is 0 Å². The monoisotopic (exact) mass is 312 g/mol. The molecule has 0 spiro atoms. The molecule has 0 aliphatic heterocycles. The van der Waals surface area contributed by atoms with Crippen LogP contribution in [0, 0.1) is 5.41 Å². The van der Waals surface area contributed by atoms with Crippen LogP contribution in [0.5, 0.6) is 0 Å². The smallest absolute Gasteiger partial charge is 0.242 e. The molecule has 1 N–H and O–H groups in total. The minimum atomic E-state index is -3.40. The van der Waals surface area contributed by atoms with E-state index < -0.39 is 10.0 Å². The lowest BCUT2D eigenvalue weighted by molar-refractivity contribution is 0.311. The molecule has 0 aliphatic rings. The van der Waals surface area contributed by atoms with Crippen molar-refractivity contribution in [3.8, 4) is 0 Å². The number of sulfonamides is 1. The molecule has 0 aliphatic carbocycles. The van der Waals surface area contributed by atoms with Gasteiger partial charge >= 0.3 is 0 Å². The van der Waals surface area contributed by atoms with Crippen LogP contribution in [-0.2, 0) is 16.4 Å². The van der Waals surface area contributed by atoms with Crippen LogP contribution in [0.25, 0.3) is 0 Å². The predicted octanol–water partition coefficient (Wildman–Crippen LogP) is 2.51. The summed E-state index contributed by atoms with van der Waals surface area (Å²) in [6.45, 7) is 10.5. The number of hydrogen-bond donors (Lipinski definition) is 1. The van der Waals surface area contributed by atoms with Crippen molar-refractivity contribution in [3.05, 3.63) is 29.8 Å². The highest BCUT2D eigenvalue weighted by Gasteiger charge is 2.25. The zero-order chi connectivity index (χ0) is 16.1. The van der Waals surface area contributed by atoms with E-state index in [9.17, 15) is 8.42 Å². The van der Waals surface area contributed by atoms with Crippen LogP contribution in [0.1, 0.15) is 33.3 Å². The van der Waals surface area contributed by atoms with E-state index in [1.165, 1.54) is 4.31 Å². The first-order valence-electron chi connectivity index (χ1n) is 7.43. The highest BCUT2D eigenvalue weighted by molar-refractivity contribution is 7.89. The molecule has 4 nitrogen and oxygen atoms in total. The Kier molecular flexibility index (Phi) is 6.38. The van der Waals surface area contributed by atoms with Crippen LogP contribution in [0.3, 0.4) is 0 Å². The van der Waals surface area contributed by atoms with Crippen molar-refractivity contribution in [2.75, 3.05) is 26.7 Å². The van der Waals surface area contributed by atoms with Crippen LogP contribution in [0.4, 0.5) is 0 Å². The van der Waals surface area contributed by atoms with Gasteiger partial charge in [-0.3, -0.25) is 0 Å². The molecule has 0 atom stereocenters. The molecule has 0 radical (unpaired) electrons. The Hall–Kier alpha value is -0.910. The number of nitrogens with one attached hydrogen (secondary N) is 1. The fourth-order valence-electron chi connectivity index (χ4n) is 2.17. The maximum atomic E-state index is 12.5. The molecule has 0 amide bonds. The lowest BCUT2D eigenvalue weighted by atomic mass is 9.97. The number of nitrogens with zero attached hydrogens (tertiary/aromatic N) is 1. The second-order valence-corrected chi connectivity index (χ2v) is 8.61. The lowest BCUT2D eigenvalue weighted by Gasteiger charge is -2.26. The van der Waals surface area contributed by atoms with Gasteiger partial charge < -0.3 is 5.32 Å². The molecule has 0 saturated heterocycles. The summed E-state index contributed by atoms with van der Waals surface area (Å²) < 4.78 is 26.4. The van der Waals surface area contributed by atoms with Crippen molar-refractivity contribution in [2.24, 2.45) is 5.41 Å². The Morgan fingerprint density at radius 1 is 1.14 bits per heavy atom. The van der Waals surface area contributed by atoms with Gasteiger partial charge in [-0.25, -0.2) is 12.7 Å². The van der Waals surface area contributed by atoms with E-state index in [1.807, 2.05) is 32.9 Å². The summed E-state index contributed by atoms with van der Waals surface area (Å²) in [7, 11) is -1.76. The molecule has 0 heterocycles. The Bertz CT molecular complexity index is 530. The third kappa shape index (κ3) is 5.77. The molecule has 1 rings (SSSR count). The Morgan fingerprint density at radius 3 is 2.19 bits per heavy atom. The van der Waals surface area contributed by atoms with E-state index >= 15 is 0 Å². The minimum absolute atomic E-state index is 0.0619. The highest BCUT2D eigenvalue weighted by atomic mass is 32.2. The molecule has 21 heavy (non-hydrogen) atoms. The maximum Gasteiger partial charge on any atom is 0.242 e. The summed E-state index contributed by atoms with van der Waals surface area (Å²) in [6, 6.07) is 7.20. The van der Waals surface area contributed by atoms with Crippen LogP contribution in [0.15, 0.2) is 29.2 Å². The van der Waals surface area contributed by atoms with Gasteiger partial charge in [0.2, 0.25) is 10.0 Å². The van der Waals surface area contributed by atoms with Crippen molar-refractivity contribution >= 4 is 10.0 Å². The number of benzene rings is 1. The van der Waals surface area contributed by atoms with Gasteiger partial charge in [0.1, 0.15) is 0 Å². The summed E-state index contributed by atoms with van der Waals surface area (Å²) in [6.07, 6.45) is 0.909. The fraction of sp³-hybridized carbons (Fsp3) is 0.625. The Morgan fingerprint density at radius 2 is 1.71 bits per heavy atom. The number of rotatable bonds is 7. The third-order valence-electron chi connectivity index (χ3n) is 3.17. The van der Waals surface area contributed by atoms with Gasteiger partial charge in [-0.2, -0.15) is 0 Å². The van der Waals surface area contributed by atoms with Gasteiger partial charge in [0.25, 0.3) is 0 Å². The first-order chi connectivity index (χ1) is 9.66. The molecule has 0 aromatic heterocycles. The summed E-state index contributed by atoms with van der Waals surface area (Å²) in [5, 5.41) is 3.26.